The van der Waals surface area contributed by atoms with Gasteiger partial charge in [0.2, 0.25) is 0 Å². The third kappa shape index (κ3) is 2.30. The van der Waals surface area contributed by atoms with E-state index in [-0.39, 0.29) is 0 Å². The van der Waals surface area contributed by atoms with Crippen molar-refractivity contribution in [2.45, 2.75) is 6.92 Å². The zero-order chi connectivity index (χ0) is 13.9. The molecule has 3 aromatic rings. The van der Waals surface area contributed by atoms with Crippen LogP contribution in [-0.2, 0) is 0 Å². The van der Waals surface area contributed by atoms with Gasteiger partial charge in [-0.3, -0.25) is 0 Å². The molecule has 0 aliphatic rings. The van der Waals surface area contributed by atoms with Crippen molar-refractivity contribution in [2.24, 2.45) is 0 Å². The smallest absolute Gasteiger partial charge is 0.145 e. The van der Waals surface area contributed by atoms with Crippen molar-refractivity contribution in [3.63, 3.8) is 0 Å². The number of anilines is 1. The maximum absolute atomic E-state index is 5.72. The second-order valence-corrected chi connectivity index (χ2v) is 4.58. The predicted octanol–water partition coefficient (Wildman–Crippen LogP) is 3.88. The van der Waals surface area contributed by atoms with Crippen LogP contribution in [-0.4, -0.2) is 11.6 Å². The van der Waals surface area contributed by atoms with E-state index in [1.54, 1.807) is 0 Å². The van der Waals surface area contributed by atoms with Gasteiger partial charge in [0.15, 0.2) is 0 Å². The number of para-hydroxylation sites is 1. The molecule has 0 aliphatic heterocycles. The lowest BCUT2D eigenvalue weighted by Gasteiger charge is -2.08. The van der Waals surface area contributed by atoms with Crippen LogP contribution in [0.15, 0.2) is 54.6 Å². The number of pyridine rings is 1. The van der Waals surface area contributed by atoms with E-state index in [1.165, 1.54) is 0 Å². The van der Waals surface area contributed by atoms with E-state index in [0.29, 0.717) is 6.61 Å². The van der Waals surface area contributed by atoms with Crippen LogP contribution < -0.4 is 10.5 Å². The van der Waals surface area contributed by atoms with Crippen molar-refractivity contribution in [3.8, 4) is 17.0 Å². The molecule has 3 heteroatoms. The zero-order valence-corrected chi connectivity index (χ0v) is 11.3. The summed E-state index contributed by atoms with van der Waals surface area (Å²) in [5.41, 5.74) is 9.33. The van der Waals surface area contributed by atoms with Gasteiger partial charge in [-0.1, -0.05) is 30.3 Å². The highest BCUT2D eigenvalue weighted by molar-refractivity contribution is 5.86. The van der Waals surface area contributed by atoms with Gasteiger partial charge in [0.1, 0.15) is 11.3 Å². The number of nitrogens with zero attached hydrogens (tertiary/aromatic N) is 1. The van der Waals surface area contributed by atoms with Crippen LogP contribution in [0.4, 0.5) is 5.69 Å². The Kier molecular flexibility index (Phi) is 3.25. The van der Waals surface area contributed by atoms with E-state index in [9.17, 15) is 0 Å². The fourth-order valence-corrected chi connectivity index (χ4v) is 2.21. The second kappa shape index (κ2) is 5.21. The molecule has 0 unspecified atom stereocenters. The lowest BCUT2D eigenvalue weighted by Crippen LogP contribution is -1.94. The summed E-state index contributed by atoms with van der Waals surface area (Å²) in [4.78, 5) is 4.73. The van der Waals surface area contributed by atoms with E-state index in [0.717, 1.165) is 33.6 Å². The number of hydrogen-bond acceptors (Lipinski definition) is 3. The molecule has 3 rings (SSSR count). The van der Waals surface area contributed by atoms with Gasteiger partial charge in [0.25, 0.3) is 0 Å². The van der Waals surface area contributed by atoms with Crippen LogP contribution in [0.5, 0.6) is 5.75 Å². The van der Waals surface area contributed by atoms with Crippen molar-refractivity contribution in [1.29, 1.82) is 0 Å². The number of fused-ring (bicyclic) bond motifs is 1. The van der Waals surface area contributed by atoms with Crippen LogP contribution in [0.25, 0.3) is 22.2 Å². The Morgan fingerprint density at radius 2 is 1.80 bits per heavy atom. The number of ether oxygens (including phenoxy) is 1. The molecule has 0 saturated heterocycles. The molecule has 1 heterocycles. The Morgan fingerprint density at radius 1 is 1.00 bits per heavy atom. The van der Waals surface area contributed by atoms with Gasteiger partial charge in [0.05, 0.1) is 12.3 Å². The van der Waals surface area contributed by atoms with E-state index in [4.69, 9.17) is 15.5 Å². The Hall–Kier alpha value is -2.55. The summed E-state index contributed by atoms with van der Waals surface area (Å²) in [6, 6.07) is 17.8. The minimum Gasteiger partial charge on any atom is -0.492 e. The summed E-state index contributed by atoms with van der Waals surface area (Å²) in [6.07, 6.45) is 0. The SMILES string of the molecule is CCOc1cccc2ccc(-c3ccc(N)cc3)nc12. The summed E-state index contributed by atoms with van der Waals surface area (Å²) < 4.78 is 5.65. The number of rotatable bonds is 3. The molecule has 0 aliphatic carbocycles. The molecule has 0 saturated carbocycles. The maximum atomic E-state index is 5.72. The first kappa shape index (κ1) is 12.5. The highest BCUT2D eigenvalue weighted by Gasteiger charge is 2.06. The second-order valence-electron chi connectivity index (χ2n) is 4.58. The Morgan fingerprint density at radius 3 is 2.55 bits per heavy atom. The third-order valence-corrected chi connectivity index (χ3v) is 3.19. The molecule has 3 nitrogen and oxygen atoms in total. The first-order chi connectivity index (χ1) is 9.78. The fraction of sp³-hybridized carbons (Fsp3) is 0.118. The lowest BCUT2D eigenvalue weighted by molar-refractivity contribution is 0.343. The molecule has 0 amide bonds. The summed E-state index contributed by atoms with van der Waals surface area (Å²) in [5, 5.41) is 1.08. The monoisotopic (exact) mass is 264 g/mol. The van der Waals surface area contributed by atoms with E-state index in [1.807, 2.05) is 55.5 Å². The molecule has 100 valence electrons. The van der Waals surface area contributed by atoms with Crippen LogP contribution in [0.3, 0.4) is 0 Å². The van der Waals surface area contributed by atoms with Gasteiger partial charge in [0, 0.05) is 16.6 Å². The van der Waals surface area contributed by atoms with Gasteiger partial charge < -0.3 is 10.5 Å². The number of hydrogen-bond donors (Lipinski definition) is 1. The first-order valence-electron chi connectivity index (χ1n) is 6.66. The molecular weight excluding hydrogens is 248 g/mol. The molecule has 0 fully saturated rings. The van der Waals surface area contributed by atoms with Crippen LogP contribution in [0.2, 0.25) is 0 Å². The van der Waals surface area contributed by atoms with Crippen molar-refractivity contribution < 1.29 is 4.74 Å². The lowest BCUT2D eigenvalue weighted by atomic mass is 10.1. The average molecular weight is 264 g/mol. The quantitative estimate of drug-likeness (QED) is 0.730. The normalized spacial score (nSPS) is 10.7. The fourth-order valence-electron chi connectivity index (χ4n) is 2.21. The number of nitrogen functional groups attached to an aromatic ring is 1. The number of aromatic nitrogens is 1. The van der Waals surface area contributed by atoms with Gasteiger partial charge in [-0.25, -0.2) is 4.98 Å². The predicted molar refractivity (Wildman–Crippen MR) is 82.8 cm³/mol. The van der Waals surface area contributed by atoms with Crippen LogP contribution >= 0.6 is 0 Å². The van der Waals surface area contributed by atoms with Gasteiger partial charge in [-0.15, -0.1) is 0 Å². The van der Waals surface area contributed by atoms with Crippen molar-refractivity contribution in [3.05, 3.63) is 54.6 Å². The molecule has 20 heavy (non-hydrogen) atoms. The minimum absolute atomic E-state index is 0.632. The highest BCUT2D eigenvalue weighted by Crippen LogP contribution is 2.27. The zero-order valence-electron chi connectivity index (χ0n) is 11.3. The number of benzene rings is 2. The van der Waals surface area contributed by atoms with Crippen LogP contribution in [0, 0.1) is 0 Å². The minimum atomic E-state index is 0.632. The molecule has 0 radical (unpaired) electrons. The largest absolute Gasteiger partial charge is 0.492 e. The van der Waals surface area contributed by atoms with Gasteiger partial charge in [-0.2, -0.15) is 0 Å². The molecule has 2 N–H and O–H groups in total. The Bertz CT molecular complexity index is 736. The van der Waals surface area contributed by atoms with Gasteiger partial charge >= 0.3 is 0 Å². The average Bonchev–Trinajstić information content (AvgIpc) is 2.48. The Labute approximate surface area is 118 Å². The third-order valence-electron chi connectivity index (χ3n) is 3.19. The molecule has 1 aromatic heterocycles. The summed E-state index contributed by atoms with van der Waals surface area (Å²) in [6.45, 7) is 2.61. The van der Waals surface area contributed by atoms with E-state index >= 15 is 0 Å². The van der Waals surface area contributed by atoms with Gasteiger partial charge in [-0.05, 0) is 31.2 Å². The first-order valence-corrected chi connectivity index (χ1v) is 6.66. The molecular formula is C17H16N2O. The van der Waals surface area contributed by atoms with Crippen molar-refractivity contribution in [2.75, 3.05) is 12.3 Å². The highest BCUT2D eigenvalue weighted by atomic mass is 16.5. The van der Waals surface area contributed by atoms with Crippen molar-refractivity contribution >= 4 is 16.6 Å². The maximum Gasteiger partial charge on any atom is 0.145 e. The number of nitrogens with two attached hydrogens (primary N) is 1. The molecule has 0 atom stereocenters. The Balaban J connectivity index is 2.13. The van der Waals surface area contributed by atoms with E-state index in [2.05, 4.69) is 6.07 Å². The van der Waals surface area contributed by atoms with Crippen molar-refractivity contribution in [1.82, 2.24) is 4.98 Å². The topological polar surface area (TPSA) is 48.1 Å². The molecule has 2 aromatic carbocycles. The molecule has 0 spiro atoms. The summed E-state index contributed by atoms with van der Waals surface area (Å²) in [7, 11) is 0. The molecule has 0 bridgehead atoms. The summed E-state index contributed by atoms with van der Waals surface area (Å²) >= 11 is 0. The standard InChI is InChI=1S/C17H16N2O/c1-2-20-16-5-3-4-13-8-11-15(19-17(13)16)12-6-9-14(18)10-7-12/h3-11H,2,18H2,1H3. The summed E-state index contributed by atoms with van der Waals surface area (Å²) in [5.74, 6) is 0.822. The van der Waals surface area contributed by atoms with E-state index < -0.39 is 0 Å². The van der Waals surface area contributed by atoms with Crippen LogP contribution in [0.1, 0.15) is 6.92 Å².